The SMILES string of the molecule is OCC(CO)(CO)NCc1cccn1-c1ccccc1F. The second kappa shape index (κ2) is 6.82. The van der Waals surface area contributed by atoms with Crippen molar-refractivity contribution in [3.63, 3.8) is 0 Å². The molecule has 0 aliphatic carbocycles. The third kappa shape index (κ3) is 3.30. The van der Waals surface area contributed by atoms with Gasteiger partial charge in [-0.1, -0.05) is 12.1 Å². The predicted octanol–water partition coefficient (Wildman–Crippen LogP) is 0.422. The van der Waals surface area contributed by atoms with E-state index in [0.29, 0.717) is 5.69 Å². The van der Waals surface area contributed by atoms with E-state index in [-0.39, 0.29) is 12.4 Å². The summed E-state index contributed by atoms with van der Waals surface area (Å²) in [6, 6.07) is 9.99. The lowest BCUT2D eigenvalue weighted by atomic mass is 10.0. The van der Waals surface area contributed by atoms with Crippen LogP contribution in [0.4, 0.5) is 4.39 Å². The Kier molecular flexibility index (Phi) is 5.08. The van der Waals surface area contributed by atoms with Crippen molar-refractivity contribution in [1.29, 1.82) is 0 Å². The van der Waals surface area contributed by atoms with E-state index in [9.17, 15) is 19.7 Å². The van der Waals surface area contributed by atoms with Crippen LogP contribution in [0.15, 0.2) is 42.6 Å². The van der Waals surface area contributed by atoms with E-state index in [1.165, 1.54) is 6.07 Å². The van der Waals surface area contributed by atoms with E-state index in [1.54, 1.807) is 41.1 Å². The number of para-hydroxylation sites is 1. The molecule has 114 valence electrons. The van der Waals surface area contributed by atoms with Gasteiger partial charge in [-0.05, 0) is 24.3 Å². The molecule has 1 aromatic heterocycles. The molecule has 6 heteroatoms. The minimum Gasteiger partial charge on any atom is -0.394 e. The van der Waals surface area contributed by atoms with E-state index in [2.05, 4.69) is 5.32 Å². The number of aliphatic hydroxyl groups is 3. The van der Waals surface area contributed by atoms with Crippen LogP contribution in [-0.2, 0) is 6.54 Å². The zero-order valence-electron chi connectivity index (χ0n) is 11.5. The molecule has 2 rings (SSSR count). The molecule has 0 aliphatic heterocycles. The molecule has 4 N–H and O–H groups in total. The Balaban J connectivity index is 2.20. The number of hydrogen-bond acceptors (Lipinski definition) is 4. The van der Waals surface area contributed by atoms with Gasteiger partial charge in [0.2, 0.25) is 0 Å². The van der Waals surface area contributed by atoms with Crippen molar-refractivity contribution in [2.75, 3.05) is 19.8 Å². The molecule has 0 atom stereocenters. The lowest BCUT2D eigenvalue weighted by molar-refractivity contribution is 0.0411. The Hall–Kier alpha value is -1.73. The first-order valence-corrected chi connectivity index (χ1v) is 6.64. The molecular formula is C15H19FN2O3. The predicted molar refractivity (Wildman–Crippen MR) is 76.6 cm³/mol. The maximum absolute atomic E-state index is 13.8. The summed E-state index contributed by atoms with van der Waals surface area (Å²) in [6.45, 7) is -0.940. The Morgan fingerprint density at radius 3 is 2.29 bits per heavy atom. The number of aliphatic hydroxyl groups excluding tert-OH is 3. The van der Waals surface area contributed by atoms with Crippen LogP contribution in [0.1, 0.15) is 5.69 Å². The largest absolute Gasteiger partial charge is 0.394 e. The molecule has 5 nitrogen and oxygen atoms in total. The minimum absolute atomic E-state index is 0.267. The zero-order valence-corrected chi connectivity index (χ0v) is 11.5. The molecule has 0 radical (unpaired) electrons. The number of nitrogens with one attached hydrogen (secondary N) is 1. The highest BCUT2D eigenvalue weighted by Gasteiger charge is 2.27. The number of hydrogen-bond donors (Lipinski definition) is 4. The van der Waals surface area contributed by atoms with Gasteiger partial charge in [-0.15, -0.1) is 0 Å². The summed E-state index contributed by atoms with van der Waals surface area (Å²) in [6.07, 6.45) is 1.73. The molecule has 0 fully saturated rings. The second-order valence-corrected chi connectivity index (χ2v) is 4.93. The third-order valence-corrected chi connectivity index (χ3v) is 3.50. The fourth-order valence-corrected chi connectivity index (χ4v) is 2.04. The Bertz CT molecular complexity index is 574. The monoisotopic (exact) mass is 294 g/mol. The van der Waals surface area contributed by atoms with Crippen molar-refractivity contribution in [3.8, 4) is 5.69 Å². The lowest BCUT2D eigenvalue weighted by Gasteiger charge is -2.29. The Morgan fingerprint density at radius 1 is 1.00 bits per heavy atom. The number of nitrogens with zero attached hydrogens (tertiary/aromatic N) is 1. The second-order valence-electron chi connectivity index (χ2n) is 4.93. The van der Waals surface area contributed by atoms with Crippen molar-refractivity contribution in [1.82, 2.24) is 9.88 Å². The van der Waals surface area contributed by atoms with Crippen molar-refractivity contribution in [2.24, 2.45) is 0 Å². The Morgan fingerprint density at radius 2 is 1.67 bits per heavy atom. The number of halogens is 1. The molecule has 0 saturated carbocycles. The van der Waals surface area contributed by atoms with Gasteiger partial charge in [-0.3, -0.25) is 5.32 Å². The average molecular weight is 294 g/mol. The summed E-state index contributed by atoms with van der Waals surface area (Å²) < 4.78 is 15.5. The highest BCUT2D eigenvalue weighted by atomic mass is 19.1. The topological polar surface area (TPSA) is 77.7 Å². The van der Waals surface area contributed by atoms with Crippen molar-refractivity contribution in [3.05, 3.63) is 54.1 Å². The molecule has 0 bridgehead atoms. The first kappa shape index (κ1) is 15.7. The van der Waals surface area contributed by atoms with Gasteiger partial charge in [-0.25, -0.2) is 4.39 Å². The van der Waals surface area contributed by atoms with Gasteiger partial charge in [0, 0.05) is 18.4 Å². The quantitative estimate of drug-likeness (QED) is 0.597. The number of aromatic nitrogens is 1. The first-order valence-electron chi connectivity index (χ1n) is 6.64. The third-order valence-electron chi connectivity index (χ3n) is 3.50. The summed E-state index contributed by atoms with van der Waals surface area (Å²) >= 11 is 0. The summed E-state index contributed by atoms with van der Waals surface area (Å²) in [7, 11) is 0. The van der Waals surface area contributed by atoms with Crippen LogP contribution < -0.4 is 5.32 Å². The van der Waals surface area contributed by atoms with Crippen LogP contribution in [0.5, 0.6) is 0 Å². The average Bonchev–Trinajstić information content (AvgIpc) is 2.98. The van der Waals surface area contributed by atoms with Gasteiger partial charge in [-0.2, -0.15) is 0 Å². The summed E-state index contributed by atoms with van der Waals surface area (Å²) in [5.41, 5.74) is 0.00589. The molecular weight excluding hydrogens is 275 g/mol. The fraction of sp³-hybridized carbons (Fsp3) is 0.333. The van der Waals surface area contributed by atoms with E-state index >= 15 is 0 Å². The molecule has 0 saturated heterocycles. The fourth-order valence-electron chi connectivity index (χ4n) is 2.04. The highest BCUT2D eigenvalue weighted by molar-refractivity contribution is 5.36. The van der Waals surface area contributed by atoms with Crippen LogP contribution in [0.2, 0.25) is 0 Å². The lowest BCUT2D eigenvalue weighted by Crippen LogP contribution is -2.54. The standard InChI is InChI=1S/C15H19FN2O3/c16-13-5-1-2-6-14(13)18-7-3-4-12(18)8-17-15(9-19,10-20)11-21/h1-7,17,19-21H,8-11H2. The van der Waals surface area contributed by atoms with Crippen LogP contribution in [-0.4, -0.2) is 45.2 Å². The van der Waals surface area contributed by atoms with Gasteiger partial charge in [0.15, 0.2) is 0 Å². The number of benzene rings is 1. The van der Waals surface area contributed by atoms with Gasteiger partial charge >= 0.3 is 0 Å². The number of rotatable bonds is 7. The van der Waals surface area contributed by atoms with Crippen molar-refractivity contribution < 1.29 is 19.7 Å². The normalized spacial score (nSPS) is 11.8. The highest BCUT2D eigenvalue weighted by Crippen LogP contribution is 2.17. The van der Waals surface area contributed by atoms with Crippen LogP contribution in [0.3, 0.4) is 0 Å². The molecule has 0 amide bonds. The first-order chi connectivity index (χ1) is 10.2. The molecule has 0 unspecified atom stereocenters. The van der Waals surface area contributed by atoms with E-state index in [1.807, 2.05) is 0 Å². The molecule has 0 spiro atoms. The van der Waals surface area contributed by atoms with E-state index in [0.717, 1.165) is 5.69 Å². The van der Waals surface area contributed by atoms with Crippen molar-refractivity contribution >= 4 is 0 Å². The molecule has 0 aliphatic rings. The van der Waals surface area contributed by atoms with Crippen LogP contribution in [0.25, 0.3) is 5.69 Å². The van der Waals surface area contributed by atoms with Crippen molar-refractivity contribution in [2.45, 2.75) is 12.1 Å². The van der Waals surface area contributed by atoms with Gasteiger partial charge < -0.3 is 19.9 Å². The minimum atomic E-state index is -1.16. The zero-order chi connectivity index (χ0) is 15.3. The summed E-state index contributed by atoms with van der Waals surface area (Å²) in [5, 5.41) is 30.8. The molecule has 2 aromatic rings. The summed E-state index contributed by atoms with van der Waals surface area (Å²) in [5.74, 6) is -0.340. The molecule has 21 heavy (non-hydrogen) atoms. The smallest absolute Gasteiger partial charge is 0.147 e. The molecule has 1 heterocycles. The van der Waals surface area contributed by atoms with E-state index < -0.39 is 25.4 Å². The Labute approximate surface area is 122 Å². The van der Waals surface area contributed by atoms with E-state index in [4.69, 9.17) is 0 Å². The van der Waals surface area contributed by atoms with Gasteiger partial charge in [0.05, 0.1) is 31.0 Å². The van der Waals surface area contributed by atoms with Gasteiger partial charge in [0.25, 0.3) is 0 Å². The van der Waals surface area contributed by atoms with Gasteiger partial charge in [0.1, 0.15) is 5.82 Å². The van der Waals surface area contributed by atoms with Crippen LogP contribution >= 0.6 is 0 Å². The van der Waals surface area contributed by atoms with Crippen LogP contribution in [0, 0.1) is 5.82 Å². The maximum atomic E-state index is 13.8. The molecule has 1 aromatic carbocycles. The maximum Gasteiger partial charge on any atom is 0.147 e. The summed E-state index contributed by atoms with van der Waals surface area (Å²) in [4.78, 5) is 0.